The second-order valence-electron chi connectivity index (χ2n) is 4.08. The van der Waals surface area contributed by atoms with Gasteiger partial charge in [0.25, 0.3) is 0 Å². The molecule has 3 heteroatoms. The van der Waals surface area contributed by atoms with Crippen molar-refractivity contribution >= 4 is 23.4 Å². The maximum atomic E-state index is 8.63. The first-order chi connectivity index (χ1) is 7.81. The lowest BCUT2D eigenvalue weighted by atomic mass is 9.92. The molecule has 0 aliphatic carbocycles. The van der Waals surface area contributed by atoms with Crippen molar-refractivity contribution in [1.82, 2.24) is 0 Å². The van der Waals surface area contributed by atoms with Crippen LogP contribution in [0.1, 0.15) is 29.9 Å². The Morgan fingerprint density at radius 2 is 2.12 bits per heavy atom. The molecule has 0 atom stereocenters. The topological polar surface area (TPSA) is 23.8 Å². The fraction of sp³-hybridized carbons (Fsp3) is 0.462. The quantitative estimate of drug-likeness (QED) is 0.793. The zero-order chi connectivity index (χ0) is 11.4. The third kappa shape index (κ3) is 2.72. The third-order valence-corrected chi connectivity index (χ3v) is 4.39. The maximum absolute atomic E-state index is 8.63. The maximum Gasteiger partial charge on any atom is 0.0669 e. The summed E-state index contributed by atoms with van der Waals surface area (Å²) in [4.78, 5) is 0. The Morgan fingerprint density at radius 3 is 2.75 bits per heavy atom. The summed E-state index contributed by atoms with van der Waals surface area (Å²) in [6.07, 6.45) is 2.89. The Bertz CT molecular complexity index is 405. The molecular formula is C13H14ClNS. The molecule has 1 heterocycles. The molecule has 0 unspecified atom stereocenters. The fourth-order valence-electron chi connectivity index (χ4n) is 2.11. The Hall–Kier alpha value is -0.650. The average molecular weight is 252 g/mol. The van der Waals surface area contributed by atoms with Crippen molar-refractivity contribution < 1.29 is 0 Å². The lowest BCUT2D eigenvalue weighted by Crippen LogP contribution is -2.08. The van der Waals surface area contributed by atoms with E-state index in [4.69, 9.17) is 16.9 Å². The number of nitrogens with zero attached hydrogens (tertiary/aromatic N) is 1. The first-order valence-electron chi connectivity index (χ1n) is 5.54. The molecule has 0 bridgehead atoms. The van der Waals surface area contributed by atoms with Gasteiger partial charge in [-0.25, -0.2) is 0 Å². The molecule has 1 aliphatic heterocycles. The van der Waals surface area contributed by atoms with Gasteiger partial charge in [0, 0.05) is 5.02 Å². The van der Waals surface area contributed by atoms with Crippen LogP contribution >= 0.6 is 23.4 Å². The van der Waals surface area contributed by atoms with E-state index < -0.39 is 0 Å². The van der Waals surface area contributed by atoms with Crippen LogP contribution in [0.3, 0.4) is 0 Å². The molecule has 84 valence electrons. The zero-order valence-corrected chi connectivity index (χ0v) is 10.7. The Balaban J connectivity index is 2.18. The number of benzene rings is 1. The van der Waals surface area contributed by atoms with E-state index in [2.05, 4.69) is 12.1 Å². The Kier molecular flexibility index (Phi) is 4.15. The molecule has 1 fully saturated rings. The van der Waals surface area contributed by atoms with E-state index in [9.17, 15) is 0 Å². The molecule has 0 N–H and O–H groups in total. The molecule has 1 saturated heterocycles. The summed E-state index contributed by atoms with van der Waals surface area (Å²) in [6.45, 7) is 0. The van der Waals surface area contributed by atoms with Crippen LogP contribution in [0, 0.1) is 11.3 Å². The van der Waals surface area contributed by atoms with Crippen molar-refractivity contribution in [3.8, 4) is 6.07 Å². The number of hydrogen-bond donors (Lipinski definition) is 0. The molecule has 0 spiro atoms. The second-order valence-corrected chi connectivity index (χ2v) is 5.71. The van der Waals surface area contributed by atoms with E-state index in [-0.39, 0.29) is 0 Å². The highest BCUT2D eigenvalue weighted by Crippen LogP contribution is 2.35. The van der Waals surface area contributed by atoms with Crippen molar-refractivity contribution in [1.29, 1.82) is 5.26 Å². The van der Waals surface area contributed by atoms with Crippen molar-refractivity contribution in [2.75, 3.05) is 11.5 Å². The highest BCUT2D eigenvalue weighted by molar-refractivity contribution is 7.99. The summed E-state index contributed by atoms with van der Waals surface area (Å²) in [6, 6.07) is 8.24. The van der Waals surface area contributed by atoms with E-state index >= 15 is 0 Å². The summed E-state index contributed by atoms with van der Waals surface area (Å²) in [5.74, 6) is 3.09. The normalized spacial score (nSPS) is 17.0. The molecule has 16 heavy (non-hydrogen) atoms. The van der Waals surface area contributed by atoms with Crippen LogP contribution in [-0.4, -0.2) is 11.5 Å². The molecule has 0 saturated carbocycles. The molecule has 1 aromatic carbocycles. The van der Waals surface area contributed by atoms with Crippen LogP contribution < -0.4 is 0 Å². The Labute approximate surface area is 106 Å². The molecule has 1 aromatic rings. The average Bonchev–Trinajstić information content (AvgIpc) is 2.31. The van der Waals surface area contributed by atoms with Gasteiger partial charge in [0.05, 0.1) is 12.5 Å². The number of thioether (sulfide) groups is 1. The molecule has 0 radical (unpaired) electrons. The van der Waals surface area contributed by atoms with E-state index in [0.717, 1.165) is 10.6 Å². The number of halogens is 1. The molecular weight excluding hydrogens is 238 g/mol. The summed E-state index contributed by atoms with van der Waals surface area (Å²) in [5, 5.41) is 9.47. The van der Waals surface area contributed by atoms with Gasteiger partial charge in [-0.3, -0.25) is 0 Å². The van der Waals surface area contributed by atoms with Crippen molar-refractivity contribution in [3.05, 3.63) is 34.3 Å². The fourth-order valence-corrected chi connectivity index (χ4v) is 3.58. The third-order valence-electron chi connectivity index (χ3n) is 3.01. The molecule has 0 aromatic heterocycles. The highest BCUT2D eigenvalue weighted by Gasteiger charge is 2.18. The minimum Gasteiger partial charge on any atom is -0.198 e. The molecule has 0 amide bonds. The first kappa shape index (κ1) is 11.8. The van der Waals surface area contributed by atoms with Gasteiger partial charge in [0.15, 0.2) is 0 Å². The van der Waals surface area contributed by atoms with Crippen LogP contribution in [0.4, 0.5) is 0 Å². The van der Waals surface area contributed by atoms with E-state index in [1.54, 1.807) is 0 Å². The van der Waals surface area contributed by atoms with Crippen LogP contribution in [0.25, 0.3) is 0 Å². The minimum absolute atomic E-state index is 0.445. The SMILES string of the molecule is N#CCc1ccc(C2CCSCC2)c(Cl)c1. The molecule has 1 aliphatic rings. The molecule has 1 nitrogen and oxygen atoms in total. The highest BCUT2D eigenvalue weighted by atomic mass is 35.5. The smallest absolute Gasteiger partial charge is 0.0669 e. The van der Waals surface area contributed by atoms with Gasteiger partial charge >= 0.3 is 0 Å². The van der Waals surface area contributed by atoms with Crippen molar-refractivity contribution in [2.45, 2.75) is 25.2 Å². The second kappa shape index (κ2) is 5.61. The predicted molar refractivity (Wildman–Crippen MR) is 70.1 cm³/mol. The van der Waals surface area contributed by atoms with Crippen molar-refractivity contribution in [2.24, 2.45) is 0 Å². The summed E-state index contributed by atoms with van der Waals surface area (Å²) < 4.78 is 0. The van der Waals surface area contributed by atoms with E-state index in [1.165, 1.54) is 29.9 Å². The van der Waals surface area contributed by atoms with Crippen LogP contribution in [0.15, 0.2) is 18.2 Å². The number of hydrogen-bond acceptors (Lipinski definition) is 2. The van der Waals surface area contributed by atoms with Gasteiger partial charge in [-0.05, 0) is 47.5 Å². The van der Waals surface area contributed by atoms with Crippen LogP contribution in [-0.2, 0) is 6.42 Å². The summed E-state index contributed by atoms with van der Waals surface area (Å²) in [7, 11) is 0. The van der Waals surface area contributed by atoms with Gasteiger partial charge in [-0.15, -0.1) is 0 Å². The predicted octanol–water partition coefficient (Wildman–Crippen LogP) is 4.02. The first-order valence-corrected chi connectivity index (χ1v) is 7.07. The van der Waals surface area contributed by atoms with Crippen LogP contribution in [0.2, 0.25) is 5.02 Å². The van der Waals surface area contributed by atoms with E-state index in [0.29, 0.717) is 12.3 Å². The van der Waals surface area contributed by atoms with Gasteiger partial charge in [-0.2, -0.15) is 17.0 Å². The van der Waals surface area contributed by atoms with Gasteiger partial charge < -0.3 is 0 Å². The minimum atomic E-state index is 0.445. The van der Waals surface area contributed by atoms with Gasteiger partial charge in [0.1, 0.15) is 0 Å². The monoisotopic (exact) mass is 251 g/mol. The number of rotatable bonds is 2. The summed E-state index contributed by atoms with van der Waals surface area (Å²) >= 11 is 8.31. The Morgan fingerprint density at radius 1 is 1.38 bits per heavy atom. The standard InChI is InChI=1S/C13H14ClNS/c14-13-9-10(3-6-15)1-2-12(13)11-4-7-16-8-5-11/h1-2,9,11H,3-5,7-8H2. The van der Waals surface area contributed by atoms with Crippen molar-refractivity contribution in [3.63, 3.8) is 0 Å². The number of nitriles is 1. The lowest BCUT2D eigenvalue weighted by Gasteiger charge is -2.22. The lowest BCUT2D eigenvalue weighted by molar-refractivity contribution is 0.637. The summed E-state index contributed by atoms with van der Waals surface area (Å²) in [5.41, 5.74) is 2.28. The van der Waals surface area contributed by atoms with E-state index in [1.807, 2.05) is 23.9 Å². The van der Waals surface area contributed by atoms with Gasteiger partial charge in [-0.1, -0.05) is 23.7 Å². The van der Waals surface area contributed by atoms with Crippen LogP contribution in [0.5, 0.6) is 0 Å². The van der Waals surface area contributed by atoms with Gasteiger partial charge in [0.2, 0.25) is 0 Å². The largest absolute Gasteiger partial charge is 0.198 e. The molecule has 2 rings (SSSR count). The zero-order valence-electron chi connectivity index (χ0n) is 9.08.